The van der Waals surface area contributed by atoms with Gasteiger partial charge in [-0.2, -0.15) is 0 Å². The van der Waals surface area contributed by atoms with Crippen LogP contribution in [0.1, 0.15) is 32.3 Å². The van der Waals surface area contributed by atoms with Crippen LogP contribution in [0.25, 0.3) is 0 Å². The van der Waals surface area contributed by atoms with Crippen molar-refractivity contribution in [1.29, 1.82) is 0 Å². The Morgan fingerprint density at radius 2 is 2.22 bits per heavy atom. The van der Waals surface area contributed by atoms with E-state index in [1.807, 2.05) is 6.92 Å². The van der Waals surface area contributed by atoms with E-state index in [1.165, 1.54) is 12.1 Å². The maximum absolute atomic E-state index is 13.2. The third kappa shape index (κ3) is 3.68. The first-order chi connectivity index (χ1) is 8.39. The van der Waals surface area contributed by atoms with E-state index in [1.54, 1.807) is 13.0 Å². The lowest BCUT2D eigenvalue weighted by atomic mass is 9.96. The normalized spacial score (nSPS) is 14.2. The van der Waals surface area contributed by atoms with E-state index >= 15 is 0 Å². The molecule has 0 spiro atoms. The quantitative estimate of drug-likeness (QED) is 0.837. The van der Waals surface area contributed by atoms with E-state index in [9.17, 15) is 14.3 Å². The van der Waals surface area contributed by atoms with Gasteiger partial charge in [0, 0.05) is 6.54 Å². The fourth-order valence-corrected chi connectivity index (χ4v) is 1.84. The van der Waals surface area contributed by atoms with Gasteiger partial charge >= 0.3 is 5.97 Å². The highest BCUT2D eigenvalue weighted by atomic mass is 35.5. The Hall–Kier alpha value is -1.13. The molecule has 0 radical (unpaired) electrons. The average molecular weight is 274 g/mol. The summed E-state index contributed by atoms with van der Waals surface area (Å²) in [5, 5.41) is 12.2. The molecule has 5 heteroatoms. The zero-order valence-electron chi connectivity index (χ0n) is 10.5. The zero-order chi connectivity index (χ0) is 13.8. The summed E-state index contributed by atoms with van der Waals surface area (Å²) in [5.41, 5.74) is -0.328. The fourth-order valence-electron chi connectivity index (χ4n) is 1.72. The van der Waals surface area contributed by atoms with Crippen molar-refractivity contribution < 1.29 is 14.3 Å². The lowest BCUT2D eigenvalue weighted by molar-refractivity contribution is -0.144. The SMILES string of the molecule is CCCC(C)(NCc1ccc(Cl)c(F)c1)C(=O)O. The average Bonchev–Trinajstić information content (AvgIpc) is 2.31. The molecule has 0 bridgehead atoms. The third-order valence-corrected chi connectivity index (χ3v) is 3.20. The minimum absolute atomic E-state index is 0.0632. The fraction of sp³-hybridized carbons (Fsp3) is 0.462. The lowest BCUT2D eigenvalue weighted by Crippen LogP contribution is -2.48. The molecule has 3 nitrogen and oxygen atoms in total. The van der Waals surface area contributed by atoms with Gasteiger partial charge in [0.1, 0.15) is 11.4 Å². The monoisotopic (exact) mass is 273 g/mol. The van der Waals surface area contributed by atoms with Gasteiger partial charge in [-0.3, -0.25) is 10.1 Å². The molecule has 100 valence electrons. The Morgan fingerprint density at radius 3 is 2.72 bits per heavy atom. The first-order valence-electron chi connectivity index (χ1n) is 5.81. The second-order valence-corrected chi connectivity index (χ2v) is 4.90. The molecule has 0 aliphatic rings. The molecule has 1 unspecified atom stereocenters. The molecule has 1 rings (SSSR count). The topological polar surface area (TPSA) is 49.3 Å². The minimum atomic E-state index is -0.995. The number of hydrogen-bond acceptors (Lipinski definition) is 2. The second kappa shape index (κ2) is 6.16. The molecule has 0 saturated carbocycles. The maximum atomic E-state index is 13.2. The molecule has 0 aliphatic heterocycles. The highest BCUT2D eigenvalue weighted by Crippen LogP contribution is 2.17. The predicted octanol–water partition coefficient (Wildman–Crippen LogP) is 3.21. The smallest absolute Gasteiger partial charge is 0.323 e. The predicted molar refractivity (Wildman–Crippen MR) is 69.2 cm³/mol. The highest BCUT2D eigenvalue weighted by Gasteiger charge is 2.31. The Labute approximate surface area is 111 Å². The van der Waals surface area contributed by atoms with Crippen molar-refractivity contribution in [3.8, 4) is 0 Å². The van der Waals surface area contributed by atoms with Crippen LogP contribution in [0.3, 0.4) is 0 Å². The van der Waals surface area contributed by atoms with Crippen LogP contribution in [0.2, 0.25) is 5.02 Å². The highest BCUT2D eigenvalue weighted by molar-refractivity contribution is 6.30. The molecule has 0 fully saturated rings. The van der Waals surface area contributed by atoms with Gasteiger partial charge in [0.2, 0.25) is 0 Å². The first-order valence-corrected chi connectivity index (χ1v) is 6.19. The summed E-state index contributed by atoms with van der Waals surface area (Å²) in [7, 11) is 0. The standard InChI is InChI=1S/C13H17ClFNO2/c1-3-6-13(2,12(17)18)16-8-9-4-5-10(14)11(15)7-9/h4-5,7,16H,3,6,8H2,1-2H3,(H,17,18). The zero-order valence-corrected chi connectivity index (χ0v) is 11.2. The molecular formula is C13H17ClFNO2. The molecule has 1 aromatic carbocycles. The second-order valence-electron chi connectivity index (χ2n) is 4.49. The van der Waals surface area contributed by atoms with Crippen molar-refractivity contribution in [3.05, 3.63) is 34.6 Å². The molecule has 0 amide bonds. The van der Waals surface area contributed by atoms with Crippen molar-refractivity contribution in [2.75, 3.05) is 0 Å². The van der Waals surface area contributed by atoms with Gasteiger partial charge in [-0.25, -0.2) is 4.39 Å². The van der Waals surface area contributed by atoms with Crippen molar-refractivity contribution in [2.45, 2.75) is 38.8 Å². The summed E-state index contributed by atoms with van der Waals surface area (Å²) in [5.74, 6) is -1.40. The Balaban J connectivity index is 2.73. The summed E-state index contributed by atoms with van der Waals surface area (Å²) in [4.78, 5) is 11.2. The summed E-state index contributed by atoms with van der Waals surface area (Å²) < 4.78 is 13.2. The van der Waals surface area contributed by atoms with Crippen LogP contribution < -0.4 is 5.32 Å². The molecule has 0 saturated heterocycles. The Morgan fingerprint density at radius 1 is 1.56 bits per heavy atom. The van der Waals surface area contributed by atoms with Gasteiger partial charge in [-0.15, -0.1) is 0 Å². The molecular weight excluding hydrogens is 257 g/mol. The number of hydrogen-bond donors (Lipinski definition) is 2. The van der Waals surface area contributed by atoms with E-state index in [2.05, 4.69) is 5.32 Å². The van der Waals surface area contributed by atoms with Crippen molar-refractivity contribution in [1.82, 2.24) is 5.32 Å². The molecule has 0 heterocycles. The van der Waals surface area contributed by atoms with Crippen molar-refractivity contribution in [3.63, 3.8) is 0 Å². The number of rotatable bonds is 6. The van der Waals surface area contributed by atoms with Crippen LogP contribution in [0.5, 0.6) is 0 Å². The lowest BCUT2D eigenvalue weighted by Gasteiger charge is -2.26. The van der Waals surface area contributed by atoms with Crippen LogP contribution >= 0.6 is 11.6 Å². The van der Waals surface area contributed by atoms with E-state index < -0.39 is 17.3 Å². The van der Waals surface area contributed by atoms with E-state index in [-0.39, 0.29) is 11.6 Å². The third-order valence-electron chi connectivity index (χ3n) is 2.89. The number of carboxylic acid groups (broad SMARTS) is 1. The van der Waals surface area contributed by atoms with Gasteiger partial charge in [0.05, 0.1) is 5.02 Å². The molecule has 2 N–H and O–H groups in total. The molecule has 1 atom stereocenters. The summed E-state index contributed by atoms with van der Waals surface area (Å²) in [6, 6.07) is 4.45. The van der Waals surface area contributed by atoms with Crippen molar-refractivity contribution in [2.24, 2.45) is 0 Å². The van der Waals surface area contributed by atoms with Crippen LogP contribution in [0, 0.1) is 5.82 Å². The molecule has 18 heavy (non-hydrogen) atoms. The van der Waals surface area contributed by atoms with Crippen LogP contribution in [-0.2, 0) is 11.3 Å². The Kier molecular flexibility index (Phi) is 5.11. The van der Waals surface area contributed by atoms with E-state index in [0.717, 1.165) is 6.42 Å². The van der Waals surface area contributed by atoms with E-state index in [0.29, 0.717) is 12.0 Å². The van der Waals surface area contributed by atoms with Crippen LogP contribution in [-0.4, -0.2) is 16.6 Å². The van der Waals surface area contributed by atoms with Crippen LogP contribution in [0.4, 0.5) is 4.39 Å². The number of halogens is 2. The number of carboxylic acids is 1. The Bertz CT molecular complexity index is 439. The summed E-state index contributed by atoms with van der Waals surface area (Å²) in [6.07, 6.45) is 1.27. The van der Waals surface area contributed by atoms with Crippen molar-refractivity contribution >= 4 is 17.6 Å². The summed E-state index contributed by atoms with van der Waals surface area (Å²) in [6.45, 7) is 3.84. The van der Waals surface area contributed by atoms with Gasteiger partial charge in [-0.05, 0) is 31.0 Å². The van der Waals surface area contributed by atoms with Gasteiger partial charge in [-0.1, -0.05) is 31.0 Å². The number of nitrogens with one attached hydrogen (secondary N) is 1. The largest absolute Gasteiger partial charge is 0.480 e. The van der Waals surface area contributed by atoms with Gasteiger partial charge in [0.25, 0.3) is 0 Å². The maximum Gasteiger partial charge on any atom is 0.323 e. The number of benzene rings is 1. The van der Waals surface area contributed by atoms with E-state index in [4.69, 9.17) is 11.6 Å². The van der Waals surface area contributed by atoms with Crippen LogP contribution in [0.15, 0.2) is 18.2 Å². The molecule has 0 aliphatic carbocycles. The molecule has 0 aromatic heterocycles. The van der Waals surface area contributed by atoms with Gasteiger partial charge in [0.15, 0.2) is 0 Å². The minimum Gasteiger partial charge on any atom is -0.480 e. The number of aliphatic carboxylic acids is 1. The molecule has 1 aromatic rings. The van der Waals surface area contributed by atoms with Gasteiger partial charge < -0.3 is 5.11 Å². The number of carbonyl (C=O) groups is 1. The summed E-state index contributed by atoms with van der Waals surface area (Å²) >= 11 is 5.58. The first kappa shape index (κ1) is 14.9.